The van der Waals surface area contributed by atoms with E-state index < -0.39 is 15.9 Å². The van der Waals surface area contributed by atoms with Crippen molar-refractivity contribution in [3.8, 4) is 0 Å². The van der Waals surface area contributed by atoms with E-state index in [0.29, 0.717) is 31.9 Å². The quantitative estimate of drug-likeness (QED) is 0.649. The summed E-state index contributed by atoms with van der Waals surface area (Å²) in [5.41, 5.74) is 1.08. The van der Waals surface area contributed by atoms with Crippen molar-refractivity contribution in [2.45, 2.75) is 11.4 Å². The summed E-state index contributed by atoms with van der Waals surface area (Å²) in [5, 5.41) is 4.35. The first kappa shape index (κ1) is 19.7. The Labute approximate surface area is 173 Å². The first-order valence-corrected chi connectivity index (χ1v) is 11.6. The van der Waals surface area contributed by atoms with E-state index in [9.17, 15) is 13.2 Å². The summed E-state index contributed by atoms with van der Waals surface area (Å²) in [5.74, 6) is 0.189. The second kappa shape index (κ2) is 8.40. The number of anilines is 1. The van der Waals surface area contributed by atoms with Crippen LogP contribution >= 0.6 is 11.3 Å². The van der Waals surface area contributed by atoms with Gasteiger partial charge in [-0.05, 0) is 35.7 Å². The lowest BCUT2D eigenvalue weighted by Crippen LogP contribution is -2.48. The lowest BCUT2D eigenvalue weighted by molar-refractivity contribution is 0.0949. The first-order chi connectivity index (χ1) is 14.1. The van der Waals surface area contributed by atoms with E-state index in [2.05, 4.69) is 10.2 Å². The largest absolute Gasteiger partial charge is 0.467 e. The highest BCUT2D eigenvalue weighted by molar-refractivity contribution is 7.89. The number of benzene rings is 1. The summed E-state index contributed by atoms with van der Waals surface area (Å²) in [6.07, 6.45) is 1.53. The van der Waals surface area contributed by atoms with Gasteiger partial charge in [-0.2, -0.15) is 4.31 Å². The molecule has 0 unspecified atom stereocenters. The number of hydrogen-bond acceptors (Lipinski definition) is 6. The van der Waals surface area contributed by atoms with Gasteiger partial charge < -0.3 is 14.6 Å². The average molecular weight is 432 g/mol. The maximum atomic E-state index is 13.2. The zero-order valence-electron chi connectivity index (χ0n) is 15.7. The van der Waals surface area contributed by atoms with Gasteiger partial charge in [-0.1, -0.05) is 18.2 Å². The molecule has 9 heteroatoms. The first-order valence-electron chi connectivity index (χ1n) is 9.24. The second-order valence-corrected chi connectivity index (χ2v) is 9.43. The monoisotopic (exact) mass is 431 g/mol. The van der Waals surface area contributed by atoms with Gasteiger partial charge in [0.15, 0.2) is 0 Å². The predicted molar refractivity (Wildman–Crippen MR) is 112 cm³/mol. The van der Waals surface area contributed by atoms with E-state index in [4.69, 9.17) is 4.42 Å². The number of furan rings is 1. The van der Waals surface area contributed by atoms with Crippen molar-refractivity contribution in [1.29, 1.82) is 0 Å². The van der Waals surface area contributed by atoms with Crippen LogP contribution in [-0.2, 0) is 16.6 Å². The molecule has 29 heavy (non-hydrogen) atoms. The van der Waals surface area contributed by atoms with Crippen molar-refractivity contribution in [3.63, 3.8) is 0 Å². The third-order valence-corrected chi connectivity index (χ3v) is 7.80. The molecule has 4 rings (SSSR count). The highest BCUT2D eigenvalue weighted by Gasteiger charge is 2.32. The molecule has 1 aliphatic rings. The Balaban J connectivity index is 1.44. The van der Waals surface area contributed by atoms with Crippen LogP contribution in [0.5, 0.6) is 0 Å². The van der Waals surface area contributed by atoms with Crippen LogP contribution in [0.15, 0.2) is 69.5 Å². The Bertz CT molecular complexity index is 1050. The van der Waals surface area contributed by atoms with Gasteiger partial charge in [0.2, 0.25) is 10.0 Å². The molecule has 1 amide bonds. The lowest BCUT2D eigenvalue weighted by Gasteiger charge is -2.35. The molecule has 3 heterocycles. The fraction of sp³-hybridized carbons (Fsp3) is 0.250. The molecule has 0 radical (unpaired) electrons. The maximum absolute atomic E-state index is 13.2. The summed E-state index contributed by atoms with van der Waals surface area (Å²) in [7, 11) is -3.74. The van der Waals surface area contributed by atoms with Crippen molar-refractivity contribution in [3.05, 3.63) is 70.8 Å². The molecule has 0 saturated carbocycles. The van der Waals surface area contributed by atoms with Crippen molar-refractivity contribution >= 4 is 33.0 Å². The topological polar surface area (TPSA) is 82.9 Å². The van der Waals surface area contributed by atoms with E-state index in [1.54, 1.807) is 17.5 Å². The van der Waals surface area contributed by atoms with Crippen LogP contribution in [0, 0.1) is 0 Å². The number of sulfonamides is 1. The number of thiophene rings is 1. The molecule has 3 aromatic rings. The smallest absolute Gasteiger partial charge is 0.263 e. The molecule has 1 aromatic carbocycles. The Morgan fingerprint density at radius 3 is 2.48 bits per heavy atom. The summed E-state index contributed by atoms with van der Waals surface area (Å²) in [6, 6.07) is 14.9. The molecule has 0 atom stereocenters. The molecular formula is C20H21N3O4S2. The van der Waals surface area contributed by atoms with Gasteiger partial charge in [0, 0.05) is 31.9 Å². The van der Waals surface area contributed by atoms with Gasteiger partial charge >= 0.3 is 0 Å². The number of nitrogens with one attached hydrogen (secondary N) is 1. The van der Waals surface area contributed by atoms with Gasteiger partial charge in [-0.3, -0.25) is 4.79 Å². The third kappa shape index (κ3) is 4.21. The Hall–Kier alpha value is -2.62. The van der Waals surface area contributed by atoms with Gasteiger partial charge in [-0.15, -0.1) is 11.3 Å². The third-order valence-electron chi connectivity index (χ3n) is 4.82. The van der Waals surface area contributed by atoms with Crippen LogP contribution in [0.1, 0.15) is 15.4 Å². The number of nitrogens with zero attached hydrogens (tertiary/aromatic N) is 2. The van der Waals surface area contributed by atoms with Crippen LogP contribution < -0.4 is 10.2 Å². The normalized spacial score (nSPS) is 15.4. The van der Waals surface area contributed by atoms with Crippen molar-refractivity contribution < 1.29 is 17.6 Å². The molecule has 1 aliphatic heterocycles. The molecule has 0 spiro atoms. The standard InChI is InChI=1S/C20H21N3O4S2/c24-20(21-15-17-7-4-13-27-17)19-18(8-14-28-19)29(25,26)23-11-9-22(10-12-23)16-5-2-1-3-6-16/h1-8,13-14H,9-12,15H2,(H,21,24). The Morgan fingerprint density at radius 2 is 1.79 bits per heavy atom. The van der Waals surface area contributed by atoms with Gasteiger partial charge in [0.05, 0.1) is 12.8 Å². The zero-order valence-corrected chi connectivity index (χ0v) is 17.3. The SMILES string of the molecule is O=C(NCc1ccco1)c1sccc1S(=O)(=O)N1CCN(c2ccccc2)CC1. The van der Waals surface area contributed by atoms with Crippen molar-refractivity contribution in [2.24, 2.45) is 0 Å². The molecule has 1 saturated heterocycles. The highest BCUT2D eigenvalue weighted by Crippen LogP contribution is 2.27. The van der Waals surface area contributed by atoms with E-state index in [1.165, 1.54) is 16.6 Å². The van der Waals surface area contributed by atoms with Gasteiger partial charge in [-0.25, -0.2) is 8.42 Å². The van der Waals surface area contributed by atoms with Crippen LogP contribution in [0.3, 0.4) is 0 Å². The average Bonchev–Trinajstić information content (AvgIpc) is 3.45. The summed E-state index contributed by atoms with van der Waals surface area (Å²) >= 11 is 1.12. The minimum Gasteiger partial charge on any atom is -0.467 e. The van der Waals surface area contributed by atoms with Crippen LogP contribution in [0.4, 0.5) is 5.69 Å². The van der Waals surface area contributed by atoms with E-state index in [-0.39, 0.29) is 16.3 Å². The maximum Gasteiger partial charge on any atom is 0.263 e. The van der Waals surface area contributed by atoms with Crippen molar-refractivity contribution in [1.82, 2.24) is 9.62 Å². The number of carbonyl (C=O) groups excluding carboxylic acids is 1. The van der Waals surface area contributed by atoms with Crippen LogP contribution in [-0.4, -0.2) is 44.8 Å². The second-order valence-electron chi connectivity index (χ2n) is 6.60. The van der Waals surface area contributed by atoms with Crippen molar-refractivity contribution in [2.75, 3.05) is 31.1 Å². The van der Waals surface area contributed by atoms with Crippen LogP contribution in [0.25, 0.3) is 0 Å². The molecule has 1 fully saturated rings. The van der Waals surface area contributed by atoms with Gasteiger partial charge in [0.1, 0.15) is 15.5 Å². The zero-order chi connectivity index (χ0) is 20.3. The number of carbonyl (C=O) groups is 1. The van der Waals surface area contributed by atoms with Crippen LogP contribution in [0.2, 0.25) is 0 Å². The van der Waals surface area contributed by atoms with E-state index >= 15 is 0 Å². The molecule has 2 aromatic heterocycles. The molecule has 0 bridgehead atoms. The molecule has 152 valence electrons. The molecule has 7 nitrogen and oxygen atoms in total. The number of rotatable bonds is 6. The molecular weight excluding hydrogens is 410 g/mol. The summed E-state index contributed by atoms with van der Waals surface area (Å²) in [6.45, 7) is 2.17. The summed E-state index contributed by atoms with van der Waals surface area (Å²) in [4.78, 5) is 15.0. The number of amides is 1. The Morgan fingerprint density at radius 1 is 1.03 bits per heavy atom. The number of piperazine rings is 1. The number of hydrogen-bond donors (Lipinski definition) is 1. The summed E-state index contributed by atoms with van der Waals surface area (Å²) < 4.78 is 33.0. The number of para-hydroxylation sites is 1. The fourth-order valence-corrected chi connectivity index (χ4v) is 6.03. The van der Waals surface area contributed by atoms with Gasteiger partial charge in [0.25, 0.3) is 5.91 Å². The highest BCUT2D eigenvalue weighted by atomic mass is 32.2. The Kier molecular flexibility index (Phi) is 5.70. The minimum absolute atomic E-state index is 0.0626. The van der Waals surface area contributed by atoms with E-state index in [1.807, 2.05) is 30.3 Å². The minimum atomic E-state index is -3.74. The van der Waals surface area contributed by atoms with E-state index in [0.717, 1.165) is 17.0 Å². The predicted octanol–water partition coefficient (Wildman–Crippen LogP) is 2.78. The lowest BCUT2D eigenvalue weighted by atomic mass is 10.2. The fourth-order valence-electron chi connectivity index (χ4n) is 3.29. The molecule has 0 aliphatic carbocycles. The molecule has 1 N–H and O–H groups in total.